The quantitative estimate of drug-likeness (QED) is 0.748. The Labute approximate surface area is 96.9 Å². The minimum atomic E-state index is -0.422. The summed E-state index contributed by atoms with van der Waals surface area (Å²) in [7, 11) is 1.34. The van der Waals surface area contributed by atoms with E-state index in [4.69, 9.17) is 0 Å². The number of carbonyl (C=O) groups is 1. The SMILES string of the molecule is COC(=O)c1csc(-c2ccc(C)cn2)n1. The molecule has 0 fully saturated rings. The van der Waals surface area contributed by atoms with Crippen molar-refractivity contribution in [1.29, 1.82) is 0 Å². The molecule has 0 radical (unpaired) electrons. The van der Waals surface area contributed by atoms with Gasteiger partial charge in [0.2, 0.25) is 0 Å². The smallest absolute Gasteiger partial charge is 0.357 e. The number of thiazole rings is 1. The van der Waals surface area contributed by atoms with Crippen LogP contribution < -0.4 is 0 Å². The average molecular weight is 234 g/mol. The van der Waals surface area contributed by atoms with E-state index in [0.717, 1.165) is 16.3 Å². The molecule has 0 saturated heterocycles. The first kappa shape index (κ1) is 10.8. The van der Waals surface area contributed by atoms with E-state index < -0.39 is 5.97 Å². The van der Waals surface area contributed by atoms with Crippen LogP contribution in [0.2, 0.25) is 0 Å². The first-order valence-corrected chi connectivity index (χ1v) is 5.55. The third-order valence-electron chi connectivity index (χ3n) is 2.03. The van der Waals surface area contributed by atoms with Crippen molar-refractivity contribution in [1.82, 2.24) is 9.97 Å². The second kappa shape index (κ2) is 4.40. The van der Waals surface area contributed by atoms with E-state index in [-0.39, 0.29) is 0 Å². The zero-order valence-corrected chi connectivity index (χ0v) is 9.75. The van der Waals surface area contributed by atoms with Gasteiger partial charge in [0.15, 0.2) is 5.69 Å². The Morgan fingerprint density at radius 3 is 2.88 bits per heavy atom. The summed E-state index contributed by atoms with van der Waals surface area (Å²) in [6, 6.07) is 3.84. The number of hydrogen-bond donors (Lipinski definition) is 0. The molecule has 82 valence electrons. The Morgan fingerprint density at radius 2 is 2.25 bits per heavy atom. The summed E-state index contributed by atoms with van der Waals surface area (Å²) in [5.41, 5.74) is 2.18. The number of pyridine rings is 1. The van der Waals surface area contributed by atoms with Crippen LogP contribution in [0.5, 0.6) is 0 Å². The Morgan fingerprint density at radius 1 is 1.44 bits per heavy atom. The predicted molar refractivity (Wildman–Crippen MR) is 61.4 cm³/mol. The molecule has 16 heavy (non-hydrogen) atoms. The molecule has 5 heteroatoms. The monoisotopic (exact) mass is 234 g/mol. The van der Waals surface area contributed by atoms with Gasteiger partial charge in [-0.2, -0.15) is 0 Å². The molecule has 0 spiro atoms. The van der Waals surface area contributed by atoms with Gasteiger partial charge in [-0.1, -0.05) is 6.07 Å². The number of aryl methyl sites for hydroxylation is 1. The lowest BCUT2D eigenvalue weighted by Gasteiger charge is -1.95. The largest absolute Gasteiger partial charge is 0.464 e. The first-order chi connectivity index (χ1) is 7.70. The molecule has 4 nitrogen and oxygen atoms in total. The maximum absolute atomic E-state index is 11.2. The number of hydrogen-bond acceptors (Lipinski definition) is 5. The summed E-state index contributed by atoms with van der Waals surface area (Å²) in [6.45, 7) is 1.97. The van der Waals surface area contributed by atoms with Crippen molar-refractivity contribution < 1.29 is 9.53 Å². The molecule has 0 N–H and O–H groups in total. The molecule has 2 rings (SSSR count). The van der Waals surface area contributed by atoms with Crippen molar-refractivity contribution in [3.63, 3.8) is 0 Å². The molecule has 0 aliphatic carbocycles. The second-order valence-electron chi connectivity index (χ2n) is 3.25. The van der Waals surface area contributed by atoms with Crippen LogP contribution in [0.3, 0.4) is 0 Å². The number of aromatic nitrogens is 2. The average Bonchev–Trinajstić information content (AvgIpc) is 2.78. The summed E-state index contributed by atoms with van der Waals surface area (Å²) in [5.74, 6) is -0.422. The van der Waals surface area contributed by atoms with Gasteiger partial charge in [0, 0.05) is 11.6 Å². The van der Waals surface area contributed by atoms with Crippen LogP contribution in [0.15, 0.2) is 23.7 Å². The van der Waals surface area contributed by atoms with Gasteiger partial charge in [0.05, 0.1) is 12.8 Å². The minimum Gasteiger partial charge on any atom is -0.464 e. The zero-order valence-electron chi connectivity index (χ0n) is 8.93. The van der Waals surface area contributed by atoms with E-state index in [1.54, 1.807) is 11.6 Å². The molecule has 0 unspecified atom stereocenters. The molecule has 0 amide bonds. The number of methoxy groups -OCH3 is 1. The first-order valence-electron chi connectivity index (χ1n) is 4.67. The van der Waals surface area contributed by atoms with Gasteiger partial charge in [0.25, 0.3) is 0 Å². The topological polar surface area (TPSA) is 52.1 Å². The zero-order chi connectivity index (χ0) is 11.5. The molecular weight excluding hydrogens is 224 g/mol. The molecule has 0 atom stereocenters. The van der Waals surface area contributed by atoms with E-state index in [2.05, 4.69) is 14.7 Å². The molecule has 2 aromatic rings. The highest BCUT2D eigenvalue weighted by Gasteiger charge is 2.12. The van der Waals surface area contributed by atoms with Crippen molar-refractivity contribution in [2.45, 2.75) is 6.92 Å². The van der Waals surface area contributed by atoms with Crippen LogP contribution in [0.1, 0.15) is 16.1 Å². The van der Waals surface area contributed by atoms with Gasteiger partial charge < -0.3 is 4.74 Å². The fraction of sp³-hybridized carbons (Fsp3) is 0.182. The number of ether oxygens (including phenoxy) is 1. The highest BCUT2D eigenvalue weighted by atomic mass is 32.1. The van der Waals surface area contributed by atoms with Crippen molar-refractivity contribution in [3.05, 3.63) is 35.0 Å². The lowest BCUT2D eigenvalue weighted by Crippen LogP contribution is -2.01. The predicted octanol–water partition coefficient (Wildman–Crippen LogP) is 2.30. The van der Waals surface area contributed by atoms with Gasteiger partial charge in [-0.15, -0.1) is 11.3 Å². The van der Waals surface area contributed by atoms with Crippen LogP contribution in [-0.4, -0.2) is 23.0 Å². The van der Waals surface area contributed by atoms with E-state index >= 15 is 0 Å². The standard InChI is InChI=1S/C11H10N2O2S/c1-7-3-4-8(12-5-7)10-13-9(6-16-10)11(14)15-2/h3-6H,1-2H3. The molecule has 0 bridgehead atoms. The summed E-state index contributed by atoms with van der Waals surface area (Å²) < 4.78 is 4.59. The molecule has 0 aromatic carbocycles. The van der Waals surface area contributed by atoms with Crippen molar-refractivity contribution in [3.8, 4) is 10.7 Å². The summed E-state index contributed by atoms with van der Waals surface area (Å²) in [6.07, 6.45) is 1.77. The Hall–Kier alpha value is -1.75. The number of esters is 1. The third kappa shape index (κ3) is 2.09. The molecule has 0 aliphatic heterocycles. The maximum atomic E-state index is 11.2. The fourth-order valence-electron chi connectivity index (χ4n) is 1.18. The van der Waals surface area contributed by atoms with Gasteiger partial charge >= 0.3 is 5.97 Å². The van der Waals surface area contributed by atoms with Crippen LogP contribution in [0, 0.1) is 6.92 Å². The normalized spacial score (nSPS) is 10.1. The van der Waals surface area contributed by atoms with Gasteiger partial charge in [-0.05, 0) is 18.6 Å². The van der Waals surface area contributed by atoms with Crippen LogP contribution in [0.25, 0.3) is 10.7 Å². The lowest BCUT2D eigenvalue weighted by molar-refractivity contribution is 0.0595. The van der Waals surface area contributed by atoms with Crippen LogP contribution in [-0.2, 0) is 4.74 Å². The van der Waals surface area contributed by atoms with E-state index in [1.807, 2.05) is 19.1 Å². The lowest BCUT2D eigenvalue weighted by atomic mass is 10.3. The van der Waals surface area contributed by atoms with Crippen LogP contribution in [0.4, 0.5) is 0 Å². The second-order valence-corrected chi connectivity index (χ2v) is 4.11. The Kier molecular flexibility index (Phi) is 2.96. The van der Waals surface area contributed by atoms with Gasteiger partial charge in [-0.25, -0.2) is 9.78 Å². The van der Waals surface area contributed by atoms with Gasteiger partial charge in [-0.3, -0.25) is 4.98 Å². The summed E-state index contributed by atoms with van der Waals surface area (Å²) in [5, 5.41) is 2.39. The van der Waals surface area contributed by atoms with E-state index in [0.29, 0.717) is 5.69 Å². The highest BCUT2D eigenvalue weighted by Crippen LogP contribution is 2.22. The molecule has 0 aliphatic rings. The summed E-state index contributed by atoms with van der Waals surface area (Å²) >= 11 is 1.38. The fourth-order valence-corrected chi connectivity index (χ4v) is 1.95. The number of nitrogens with zero attached hydrogens (tertiary/aromatic N) is 2. The summed E-state index contributed by atoms with van der Waals surface area (Å²) in [4.78, 5) is 19.6. The molecule has 2 heterocycles. The van der Waals surface area contributed by atoms with Crippen molar-refractivity contribution >= 4 is 17.3 Å². The molecule has 0 saturated carbocycles. The molecule has 2 aromatic heterocycles. The Balaban J connectivity index is 2.31. The van der Waals surface area contributed by atoms with Crippen molar-refractivity contribution in [2.75, 3.05) is 7.11 Å². The maximum Gasteiger partial charge on any atom is 0.357 e. The van der Waals surface area contributed by atoms with Crippen molar-refractivity contribution in [2.24, 2.45) is 0 Å². The molecular formula is C11H10N2O2S. The van der Waals surface area contributed by atoms with Gasteiger partial charge in [0.1, 0.15) is 5.01 Å². The number of rotatable bonds is 2. The minimum absolute atomic E-state index is 0.324. The highest BCUT2D eigenvalue weighted by molar-refractivity contribution is 7.13. The van der Waals surface area contributed by atoms with E-state index in [9.17, 15) is 4.79 Å². The number of carbonyl (C=O) groups excluding carboxylic acids is 1. The van der Waals surface area contributed by atoms with E-state index in [1.165, 1.54) is 18.4 Å². The van der Waals surface area contributed by atoms with Crippen LogP contribution >= 0.6 is 11.3 Å². The third-order valence-corrected chi connectivity index (χ3v) is 2.89. The Bertz CT molecular complexity index is 505.